The molecule has 0 bridgehead atoms. The molecule has 0 fully saturated rings. The molecule has 3 nitrogen and oxygen atoms in total. The lowest BCUT2D eigenvalue weighted by molar-refractivity contribution is -0.401. The van der Waals surface area contributed by atoms with Gasteiger partial charge in [0, 0.05) is 41.6 Å². The Morgan fingerprint density at radius 2 is 1.67 bits per heavy atom. The van der Waals surface area contributed by atoms with Gasteiger partial charge < -0.3 is 4.90 Å². The fourth-order valence-electron chi connectivity index (χ4n) is 6.86. The lowest BCUT2D eigenvalue weighted by Gasteiger charge is -2.29. The molecular formula is C36H34N3+. The highest BCUT2D eigenvalue weighted by Gasteiger charge is 2.44. The van der Waals surface area contributed by atoms with Crippen molar-refractivity contribution in [2.45, 2.75) is 38.0 Å². The average Bonchev–Trinajstić information content (AvgIpc) is 3.27. The predicted octanol–water partition coefficient (Wildman–Crippen LogP) is 7.81. The molecule has 2 aliphatic heterocycles. The van der Waals surface area contributed by atoms with Gasteiger partial charge in [-0.3, -0.25) is 0 Å². The third kappa shape index (κ3) is 3.82. The second-order valence-corrected chi connectivity index (χ2v) is 11.6. The van der Waals surface area contributed by atoms with Crippen LogP contribution in [-0.4, -0.2) is 24.4 Å². The van der Waals surface area contributed by atoms with Gasteiger partial charge in [0.25, 0.3) is 0 Å². The number of fused-ring (bicyclic) bond motifs is 4. The van der Waals surface area contributed by atoms with E-state index >= 15 is 0 Å². The zero-order chi connectivity index (χ0) is 27.4. The highest BCUT2D eigenvalue weighted by Crippen LogP contribution is 2.52. The number of rotatable bonds is 4. The largest absolute Gasteiger partial charge is 0.347 e. The van der Waals surface area contributed by atoms with Gasteiger partial charge in [0.05, 0.1) is 17.0 Å². The average molecular weight is 509 g/mol. The summed E-state index contributed by atoms with van der Waals surface area (Å²) in [5.41, 5.74) is 9.19. The molecule has 0 saturated heterocycles. The van der Waals surface area contributed by atoms with Crippen molar-refractivity contribution in [1.29, 1.82) is 5.26 Å². The Kier molecular flexibility index (Phi) is 5.81. The van der Waals surface area contributed by atoms with Crippen molar-refractivity contribution in [1.82, 2.24) is 0 Å². The summed E-state index contributed by atoms with van der Waals surface area (Å²) in [5.74, 6) is 0. The highest BCUT2D eigenvalue weighted by atomic mass is 15.2. The van der Waals surface area contributed by atoms with E-state index in [0.29, 0.717) is 5.56 Å². The molecule has 2 aliphatic rings. The van der Waals surface area contributed by atoms with Gasteiger partial charge in [0.1, 0.15) is 7.05 Å². The number of nitrogens with zero attached hydrogens (tertiary/aromatic N) is 3. The smallest absolute Gasteiger partial charge is 0.209 e. The number of hydrogen-bond donors (Lipinski definition) is 0. The van der Waals surface area contributed by atoms with Crippen molar-refractivity contribution in [3.8, 4) is 6.07 Å². The minimum absolute atomic E-state index is 0.191. The van der Waals surface area contributed by atoms with E-state index in [1.807, 2.05) is 12.1 Å². The summed E-state index contributed by atoms with van der Waals surface area (Å²) >= 11 is 0. The molecule has 4 aromatic rings. The molecule has 1 unspecified atom stereocenters. The molecule has 0 N–H and O–H groups in total. The molecule has 6 rings (SSSR count). The molecule has 39 heavy (non-hydrogen) atoms. The van der Waals surface area contributed by atoms with Gasteiger partial charge in [-0.15, -0.1) is 0 Å². The Balaban J connectivity index is 1.46. The van der Waals surface area contributed by atoms with Gasteiger partial charge in [0.2, 0.25) is 5.69 Å². The molecule has 192 valence electrons. The molecule has 0 amide bonds. The van der Waals surface area contributed by atoms with E-state index in [4.69, 9.17) is 0 Å². The first-order valence-electron chi connectivity index (χ1n) is 13.6. The fraction of sp³-hybridized carbons (Fsp3) is 0.222. The quantitative estimate of drug-likeness (QED) is 0.263. The first-order valence-corrected chi connectivity index (χ1v) is 13.6. The van der Waals surface area contributed by atoms with Crippen LogP contribution < -0.4 is 4.90 Å². The topological polar surface area (TPSA) is 30.0 Å². The van der Waals surface area contributed by atoms with Crippen molar-refractivity contribution < 1.29 is 4.58 Å². The molecule has 0 aliphatic carbocycles. The molecule has 2 heterocycles. The van der Waals surface area contributed by atoms with Crippen LogP contribution in [0.1, 0.15) is 43.0 Å². The van der Waals surface area contributed by atoms with Gasteiger partial charge in [0.15, 0.2) is 5.71 Å². The summed E-state index contributed by atoms with van der Waals surface area (Å²) in [7, 11) is 4.32. The third-order valence-corrected chi connectivity index (χ3v) is 8.82. The molecule has 1 atom stereocenters. The number of anilines is 1. The van der Waals surface area contributed by atoms with E-state index in [1.165, 1.54) is 44.6 Å². The van der Waals surface area contributed by atoms with E-state index in [-0.39, 0.29) is 10.8 Å². The summed E-state index contributed by atoms with van der Waals surface area (Å²) in [4.78, 5) is 2.37. The van der Waals surface area contributed by atoms with Crippen LogP contribution in [0.15, 0.2) is 109 Å². The van der Waals surface area contributed by atoms with Gasteiger partial charge in [-0.05, 0) is 73.4 Å². The summed E-state index contributed by atoms with van der Waals surface area (Å²) in [5, 5.41) is 12.1. The molecule has 3 heteroatoms. The van der Waals surface area contributed by atoms with Gasteiger partial charge >= 0.3 is 0 Å². The number of benzene rings is 4. The van der Waals surface area contributed by atoms with Crippen LogP contribution in [0.3, 0.4) is 0 Å². The van der Waals surface area contributed by atoms with Crippen LogP contribution in [0.5, 0.6) is 0 Å². The first kappa shape index (κ1) is 24.9. The van der Waals surface area contributed by atoms with Crippen molar-refractivity contribution in [2.24, 2.45) is 0 Å². The minimum atomic E-state index is -0.194. The molecule has 0 aromatic heterocycles. The summed E-state index contributed by atoms with van der Waals surface area (Å²) in [6.07, 6.45) is 7.69. The van der Waals surface area contributed by atoms with Crippen LogP contribution in [0.2, 0.25) is 0 Å². The Labute approximate surface area is 231 Å². The molecule has 0 saturated carbocycles. The Morgan fingerprint density at radius 1 is 0.923 bits per heavy atom. The monoisotopic (exact) mass is 508 g/mol. The first-order chi connectivity index (χ1) is 18.8. The zero-order valence-electron chi connectivity index (χ0n) is 23.4. The van der Waals surface area contributed by atoms with Crippen LogP contribution in [0, 0.1) is 11.3 Å². The summed E-state index contributed by atoms with van der Waals surface area (Å²) < 4.78 is 2.26. The van der Waals surface area contributed by atoms with Crippen molar-refractivity contribution in [2.75, 3.05) is 19.0 Å². The highest BCUT2D eigenvalue weighted by molar-refractivity contribution is 6.03. The summed E-state index contributed by atoms with van der Waals surface area (Å²) in [6.45, 7) is 6.88. The van der Waals surface area contributed by atoms with Crippen LogP contribution in [0.25, 0.3) is 10.8 Å². The SMILES string of the molecule is CN1C(=CC=CC2=[N+](C)c3ccc(C#N)cc3C2(C)C)C(C)(Cc2ccccc2)c2c1ccc1ccccc21. The molecular weight excluding hydrogens is 474 g/mol. The number of likely N-dealkylation sites (N-methyl/N-ethyl adjacent to an activating group) is 1. The fourth-order valence-corrected chi connectivity index (χ4v) is 6.86. The maximum atomic E-state index is 9.46. The van der Waals surface area contributed by atoms with E-state index in [0.717, 1.165) is 12.1 Å². The van der Waals surface area contributed by atoms with E-state index in [9.17, 15) is 5.26 Å². The third-order valence-electron chi connectivity index (χ3n) is 8.82. The van der Waals surface area contributed by atoms with Crippen LogP contribution in [-0.2, 0) is 17.3 Å². The van der Waals surface area contributed by atoms with Crippen LogP contribution >= 0.6 is 0 Å². The second kappa shape index (κ2) is 9.10. The number of allylic oxidation sites excluding steroid dienone is 4. The predicted molar refractivity (Wildman–Crippen MR) is 162 cm³/mol. The molecule has 0 spiro atoms. The second-order valence-electron chi connectivity index (χ2n) is 11.6. The standard InChI is InChI=1S/C36H34N3/c1-35(2)29-22-26(24-37)18-20-30(29)38(4)32(35)16-11-17-33-36(3,23-25-12-7-6-8-13-25)34-28-15-10-9-14-27(28)19-21-31(34)39(33)5/h6-22H,23H2,1-5H3/q+1. The lowest BCUT2D eigenvalue weighted by Crippen LogP contribution is -2.29. The maximum Gasteiger partial charge on any atom is 0.209 e. The number of hydrogen-bond acceptors (Lipinski definition) is 2. The molecule has 4 aromatic carbocycles. The van der Waals surface area contributed by atoms with E-state index < -0.39 is 0 Å². The maximum absolute atomic E-state index is 9.46. The van der Waals surface area contributed by atoms with E-state index in [2.05, 4.69) is 141 Å². The minimum Gasteiger partial charge on any atom is -0.347 e. The van der Waals surface area contributed by atoms with E-state index in [1.54, 1.807) is 0 Å². The zero-order valence-corrected chi connectivity index (χ0v) is 23.4. The van der Waals surface area contributed by atoms with Gasteiger partial charge in [-0.25, -0.2) is 0 Å². The van der Waals surface area contributed by atoms with Crippen molar-refractivity contribution >= 4 is 27.9 Å². The normalized spacial score (nSPS) is 20.6. The Bertz CT molecular complexity index is 1750. The summed E-state index contributed by atoms with van der Waals surface area (Å²) in [6, 6.07) is 32.4. The van der Waals surface area contributed by atoms with Gasteiger partial charge in [-0.1, -0.05) is 66.7 Å². The van der Waals surface area contributed by atoms with Crippen molar-refractivity contribution in [3.63, 3.8) is 0 Å². The lowest BCUT2D eigenvalue weighted by atomic mass is 9.74. The Hall–Kier alpha value is -4.42. The van der Waals surface area contributed by atoms with Crippen molar-refractivity contribution in [3.05, 3.63) is 131 Å². The van der Waals surface area contributed by atoms with Gasteiger partial charge in [-0.2, -0.15) is 9.84 Å². The number of nitriles is 1. The Morgan fingerprint density at radius 3 is 2.44 bits per heavy atom. The molecule has 0 radical (unpaired) electrons. The van der Waals surface area contributed by atoms with Crippen LogP contribution in [0.4, 0.5) is 11.4 Å².